The highest BCUT2D eigenvalue weighted by molar-refractivity contribution is 6.67. The van der Waals surface area contributed by atoms with Crippen molar-refractivity contribution in [2.45, 2.75) is 13.3 Å². The summed E-state index contributed by atoms with van der Waals surface area (Å²) in [6.07, 6.45) is 1.10. The van der Waals surface area contributed by atoms with Gasteiger partial charge >= 0.3 is 0 Å². The molecule has 0 saturated heterocycles. The van der Waals surface area contributed by atoms with Gasteiger partial charge in [0.25, 0.3) is 0 Å². The van der Waals surface area contributed by atoms with Crippen molar-refractivity contribution in [3.05, 3.63) is 54.1 Å². The fraction of sp³-hybridized carbons (Fsp3) is 0.200. The topological polar surface area (TPSA) is 9.23 Å². The molecule has 0 aliphatic carbocycles. The van der Waals surface area contributed by atoms with E-state index in [-0.39, 0.29) is 0 Å². The largest absolute Gasteiger partial charge is 0.497 e. The quantitative estimate of drug-likeness (QED) is 0.742. The maximum atomic E-state index is 5.17. The molecule has 0 saturated carbocycles. The van der Waals surface area contributed by atoms with Crippen molar-refractivity contribution in [1.29, 1.82) is 0 Å². The smallest absolute Gasteiger partial charge is 0.121 e. The lowest BCUT2D eigenvalue weighted by molar-refractivity contribution is 0.415. The zero-order valence-corrected chi connectivity index (χ0v) is 11.2. The van der Waals surface area contributed by atoms with E-state index >= 15 is 0 Å². The predicted molar refractivity (Wildman–Crippen MR) is 73.8 cm³/mol. The minimum absolute atomic E-state index is 0.725. The number of benzene rings is 2. The van der Waals surface area contributed by atoms with Crippen LogP contribution in [0.25, 0.3) is 0 Å². The first-order chi connectivity index (χ1) is 8.33. The van der Waals surface area contributed by atoms with Crippen LogP contribution in [0.3, 0.4) is 0 Å². The molecule has 2 rings (SSSR count). The molecular formula is C15H16OSi. The van der Waals surface area contributed by atoms with Gasteiger partial charge in [0.05, 0.1) is 7.11 Å². The normalized spacial score (nSPS) is 10.2. The molecule has 0 spiro atoms. The summed E-state index contributed by atoms with van der Waals surface area (Å²) in [5, 5.41) is 2.80. The molecule has 0 amide bonds. The van der Waals surface area contributed by atoms with E-state index in [0.29, 0.717) is 0 Å². The fourth-order valence-corrected chi connectivity index (χ4v) is 3.02. The third-order valence-electron chi connectivity index (χ3n) is 2.77. The summed E-state index contributed by atoms with van der Waals surface area (Å²) in [6, 6.07) is 17.0. The first-order valence-corrected chi connectivity index (χ1v) is 6.82. The Kier molecular flexibility index (Phi) is 3.99. The second-order valence-corrected chi connectivity index (χ2v) is 5.23. The Hall–Kier alpha value is -1.54. The van der Waals surface area contributed by atoms with Crippen LogP contribution in [0.1, 0.15) is 12.5 Å². The van der Waals surface area contributed by atoms with E-state index in [1.807, 2.05) is 12.1 Å². The molecule has 17 heavy (non-hydrogen) atoms. The van der Waals surface area contributed by atoms with Crippen molar-refractivity contribution in [2.75, 3.05) is 7.11 Å². The number of hydrogen-bond acceptors (Lipinski definition) is 1. The first kappa shape index (κ1) is 11.9. The molecule has 0 fully saturated rings. The number of ether oxygens (including phenoxy) is 1. The molecule has 0 atom stereocenters. The van der Waals surface area contributed by atoms with Gasteiger partial charge in [0.2, 0.25) is 0 Å². The van der Waals surface area contributed by atoms with Gasteiger partial charge in [-0.2, -0.15) is 0 Å². The Morgan fingerprint density at radius 3 is 2.35 bits per heavy atom. The van der Waals surface area contributed by atoms with Gasteiger partial charge in [-0.15, -0.1) is 0 Å². The van der Waals surface area contributed by atoms with Crippen LogP contribution in [-0.2, 0) is 6.42 Å². The van der Waals surface area contributed by atoms with Crippen LogP contribution >= 0.6 is 0 Å². The zero-order chi connectivity index (χ0) is 12.1. The zero-order valence-electron chi connectivity index (χ0n) is 10.2. The molecule has 86 valence electrons. The Morgan fingerprint density at radius 2 is 1.71 bits per heavy atom. The highest BCUT2D eigenvalue weighted by Gasteiger charge is 2.03. The van der Waals surface area contributed by atoms with Crippen molar-refractivity contribution in [1.82, 2.24) is 0 Å². The number of rotatable bonds is 4. The third-order valence-corrected chi connectivity index (χ3v) is 4.15. The first-order valence-electron chi connectivity index (χ1n) is 5.82. The second-order valence-electron chi connectivity index (χ2n) is 3.86. The monoisotopic (exact) mass is 240 g/mol. The van der Waals surface area contributed by atoms with Gasteiger partial charge in [0, 0.05) is 0 Å². The van der Waals surface area contributed by atoms with E-state index < -0.39 is 0 Å². The van der Waals surface area contributed by atoms with E-state index in [0.717, 1.165) is 21.7 Å². The Labute approximate surface area is 105 Å². The highest BCUT2D eigenvalue weighted by Crippen LogP contribution is 2.05. The lowest BCUT2D eigenvalue weighted by Gasteiger charge is -2.07. The van der Waals surface area contributed by atoms with E-state index in [2.05, 4.69) is 43.3 Å². The molecule has 1 nitrogen and oxygen atoms in total. The lowest BCUT2D eigenvalue weighted by atomic mass is 10.2. The molecule has 0 aliphatic heterocycles. The lowest BCUT2D eigenvalue weighted by Crippen LogP contribution is -2.29. The van der Waals surface area contributed by atoms with Gasteiger partial charge in [-0.05, 0) is 24.1 Å². The standard InChI is InChI=1S/C15H16OSi/c1-3-12-6-4-5-7-15(12)17-14-10-8-13(16-2)9-11-14/h4-11H,3H2,1-2H3. The SMILES string of the molecule is CCc1ccccc1[Si]c1ccc(OC)cc1. The molecule has 0 bridgehead atoms. The van der Waals surface area contributed by atoms with Crippen LogP contribution in [-0.4, -0.2) is 16.6 Å². The summed E-state index contributed by atoms with van der Waals surface area (Å²) in [4.78, 5) is 0. The van der Waals surface area contributed by atoms with Gasteiger partial charge in [-0.25, -0.2) is 0 Å². The summed E-state index contributed by atoms with van der Waals surface area (Å²) in [5.74, 6) is 0.919. The molecule has 2 heteroatoms. The van der Waals surface area contributed by atoms with Crippen LogP contribution in [0.4, 0.5) is 0 Å². The van der Waals surface area contributed by atoms with Crippen molar-refractivity contribution in [3.8, 4) is 5.75 Å². The molecule has 2 aromatic carbocycles. The van der Waals surface area contributed by atoms with Crippen molar-refractivity contribution < 1.29 is 4.74 Å². The summed E-state index contributed by atoms with van der Waals surface area (Å²) >= 11 is 0. The molecule has 0 aliphatic rings. The average molecular weight is 240 g/mol. The predicted octanol–water partition coefficient (Wildman–Crippen LogP) is 1.91. The summed E-state index contributed by atoms with van der Waals surface area (Å²) in [7, 11) is 2.42. The minimum atomic E-state index is 0.725. The molecule has 0 unspecified atom stereocenters. The van der Waals surface area contributed by atoms with Gasteiger partial charge in [-0.1, -0.05) is 53.7 Å². The van der Waals surface area contributed by atoms with Crippen LogP contribution < -0.4 is 15.1 Å². The summed E-state index contributed by atoms with van der Waals surface area (Å²) in [5.41, 5.74) is 1.45. The van der Waals surface area contributed by atoms with Crippen LogP contribution in [0.15, 0.2) is 48.5 Å². The molecule has 0 aromatic heterocycles. The van der Waals surface area contributed by atoms with E-state index in [1.165, 1.54) is 15.9 Å². The minimum Gasteiger partial charge on any atom is -0.497 e. The van der Waals surface area contributed by atoms with E-state index in [4.69, 9.17) is 4.74 Å². The fourth-order valence-electron chi connectivity index (χ4n) is 1.78. The van der Waals surface area contributed by atoms with Gasteiger partial charge in [0.1, 0.15) is 15.3 Å². The Balaban J connectivity index is 2.19. The van der Waals surface area contributed by atoms with E-state index in [9.17, 15) is 0 Å². The summed E-state index contributed by atoms with van der Waals surface area (Å²) in [6.45, 7) is 2.21. The molecule has 2 aromatic rings. The number of methoxy groups -OCH3 is 1. The van der Waals surface area contributed by atoms with Crippen LogP contribution in [0.2, 0.25) is 0 Å². The Bertz CT molecular complexity index is 477. The average Bonchev–Trinajstić information content (AvgIpc) is 2.40. The van der Waals surface area contributed by atoms with Gasteiger partial charge < -0.3 is 4.74 Å². The molecule has 2 radical (unpaired) electrons. The molecular weight excluding hydrogens is 224 g/mol. The van der Waals surface area contributed by atoms with E-state index in [1.54, 1.807) is 7.11 Å². The van der Waals surface area contributed by atoms with Crippen LogP contribution in [0.5, 0.6) is 5.75 Å². The number of hydrogen-bond donors (Lipinski definition) is 0. The van der Waals surface area contributed by atoms with Crippen molar-refractivity contribution >= 4 is 19.9 Å². The maximum Gasteiger partial charge on any atom is 0.121 e. The maximum absolute atomic E-state index is 5.17. The third kappa shape index (κ3) is 2.98. The van der Waals surface area contributed by atoms with Crippen LogP contribution in [0, 0.1) is 0 Å². The molecule has 0 heterocycles. The molecule has 0 N–H and O–H groups in total. The Morgan fingerprint density at radius 1 is 1.00 bits per heavy atom. The second kappa shape index (κ2) is 5.69. The summed E-state index contributed by atoms with van der Waals surface area (Å²) < 4.78 is 5.17. The van der Waals surface area contributed by atoms with Gasteiger partial charge in [0.15, 0.2) is 0 Å². The number of aryl methyl sites for hydroxylation is 1. The van der Waals surface area contributed by atoms with Crippen molar-refractivity contribution in [3.63, 3.8) is 0 Å². The van der Waals surface area contributed by atoms with Crippen molar-refractivity contribution in [2.24, 2.45) is 0 Å². The van der Waals surface area contributed by atoms with Gasteiger partial charge in [-0.3, -0.25) is 0 Å². The highest BCUT2D eigenvalue weighted by atomic mass is 28.2.